The van der Waals surface area contributed by atoms with E-state index in [1.807, 2.05) is 12.4 Å². The summed E-state index contributed by atoms with van der Waals surface area (Å²) in [4.78, 5) is 4.26. The first-order valence-corrected chi connectivity index (χ1v) is 7.28. The number of hydrogen-bond acceptors (Lipinski definition) is 2. The van der Waals surface area contributed by atoms with Gasteiger partial charge in [-0.05, 0) is 30.5 Å². The van der Waals surface area contributed by atoms with Gasteiger partial charge < -0.3 is 10.3 Å². The second-order valence-electron chi connectivity index (χ2n) is 6.02. The lowest BCUT2D eigenvalue weighted by Gasteiger charge is -2.41. The maximum absolute atomic E-state index is 6.04. The molecule has 1 aliphatic carbocycles. The van der Waals surface area contributed by atoms with Gasteiger partial charge in [0.25, 0.3) is 0 Å². The Morgan fingerprint density at radius 1 is 1.20 bits per heavy atom. The highest BCUT2D eigenvalue weighted by Gasteiger charge is 2.37. The second kappa shape index (κ2) is 4.06. The highest BCUT2D eigenvalue weighted by atomic mass is 14.9. The Hall–Kier alpha value is -1.87. The van der Waals surface area contributed by atoms with Gasteiger partial charge in [0.1, 0.15) is 0 Å². The summed E-state index contributed by atoms with van der Waals surface area (Å²) in [6.45, 7) is 0.754. The van der Waals surface area contributed by atoms with Gasteiger partial charge in [0.05, 0.1) is 5.52 Å². The lowest BCUT2D eigenvalue weighted by Crippen LogP contribution is -2.41. The van der Waals surface area contributed by atoms with Crippen LogP contribution < -0.4 is 5.73 Å². The van der Waals surface area contributed by atoms with Crippen LogP contribution in [-0.2, 0) is 12.5 Å². The molecule has 0 unspecified atom stereocenters. The van der Waals surface area contributed by atoms with Crippen LogP contribution in [0.25, 0.3) is 21.8 Å². The Morgan fingerprint density at radius 2 is 2.05 bits per heavy atom. The van der Waals surface area contributed by atoms with Gasteiger partial charge in [0.2, 0.25) is 0 Å². The summed E-state index contributed by atoms with van der Waals surface area (Å²) in [5.41, 5.74) is 10.2. The molecule has 1 saturated carbocycles. The molecule has 3 heteroatoms. The molecular formula is C17H19N3. The van der Waals surface area contributed by atoms with E-state index in [2.05, 4.69) is 40.9 Å². The van der Waals surface area contributed by atoms with Crippen molar-refractivity contribution >= 4 is 21.8 Å². The van der Waals surface area contributed by atoms with Crippen molar-refractivity contribution in [2.45, 2.75) is 24.7 Å². The van der Waals surface area contributed by atoms with Crippen molar-refractivity contribution in [1.82, 2.24) is 9.55 Å². The van der Waals surface area contributed by atoms with Crippen LogP contribution >= 0.6 is 0 Å². The number of aromatic nitrogens is 2. The molecule has 102 valence electrons. The predicted molar refractivity (Wildman–Crippen MR) is 82.8 cm³/mol. The fourth-order valence-corrected chi connectivity index (χ4v) is 3.60. The molecule has 1 aromatic carbocycles. The fraction of sp³-hybridized carbons (Fsp3) is 0.353. The Kier molecular flexibility index (Phi) is 2.42. The smallest absolute Gasteiger partial charge is 0.0519 e. The minimum Gasteiger partial charge on any atom is -0.344 e. The van der Waals surface area contributed by atoms with E-state index in [0.717, 1.165) is 6.54 Å². The highest BCUT2D eigenvalue weighted by molar-refractivity contribution is 6.07. The van der Waals surface area contributed by atoms with Crippen LogP contribution in [0, 0.1) is 0 Å². The van der Waals surface area contributed by atoms with E-state index in [1.165, 1.54) is 46.6 Å². The molecule has 0 atom stereocenters. The van der Waals surface area contributed by atoms with Crippen molar-refractivity contribution in [3.63, 3.8) is 0 Å². The summed E-state index contributed by atoms with van der Waals surface area (Å²) in [5.74, 6) is 0. The average molecular weight is 265 g/mol. The molecule has 20 heavy (non-hydrogen) atoms. The van der Waals surface area contributed by atoms with Crippen molar-refractivity contribution in [1.29, 1.82) is 0 Å². The second-order valence-corrected chi connectivity index (χ2v) is 6.02. The molecule has 1 fully saturated rings. The predicted octanol–water partition coefficient (Wildman–Crippen LogP) is 3.11. The number of pyridine rings is 1. The van der Waals surface area contributed by atoms with Crippen LogP contribution in [0.4, 0.5) is 0 Å². The van der Waals surface area contributed by atoms with Crippen LogP contribution in [0.1, 0.15) is 24.8 Å². The van der Waals surface area contributed by atoms with Gasteiger partial charge in [-0.15, -0.1) is 0 Å². The molecule has 2 N–H and O–H groups in total. The first-order chi connectivity index (χ1) is 9.75. The third kappa shape index (κ3) is 1.41. The first-order valence-electron chi connectivity index (χ1n) is 7.28. The van der Waals surface area contributed by atoms with Gasteiger partial charge in [-0.2, -0.15) is 0 Å². The minimum atomic E-state index is 0.225. The van der Waals surface area contributed by atoms with Crippen molar-refractivity contribution in [3.05, 3.63) is 42.2 Å². The zero-order valence-electron chi connectivity index (χ0n) is 11.8. The molecule has 0 amide bonds. The maximum atomic E-state index is 6.04. The lowest BCUT2D eigenvalue weighted by molar-refractivity contribution is 0.253. The summed E-state index contributed by atoms with van der Waals surface area (Å²) in [5, 5.41) is 2.51. The van der Waals surface area contributed by atoms with Gasteiger partial charge >= 0.3 is 0 Å². The molecule has 0 radical (unpaired) electrons. The molecule has 0 saturated heterocycles. The largest absolute Gasteiger partial charge is 0.344 e. The molecular weight excluding hydrogens is 246 g/mol. The van der Waals surface area contributed by atoms with Crippen molar-refractivity contribution in [2.24, 2.45) is 12.8 Å². The van der Waals surface area contributed by atoms with Crippen molar-refractivity contribution in [3.8, 4) is 0 Å². The number of rotatable bonds is 2. The third-order valence-electron chi connectivity index (χ3n) is 5.12. The molecule has 2 heterocycles. The number of fused-ring (bicyclic) bond motifs is 3. The van der Waals surface area contributed by atoms with E-state index >= 15 is 0 Å². The van der Waals surface area contributed by atoms with Crippen LogP contribution in [0.5, 0.6) is 0 Å². The molecule has 0 bridgehead atoms. The summed E-state index contributed by atoms with van der Waals surface area (Å²) < 4.78 is 2.26. The fourth-order valence-electron chi connectivity index (χ4n) is 3.60. The van der Waals surface area contributed by atoms with E-state index in [0.29, 0.717) is 0 Å². The Morgan fingerprint density at radius 3 is 2.75 bits per heavy atom. The van der Waals surface area contributed by atoms with E-state index in [9.17, 15) is 0 Å². The SMILES string of the molecule is Cn1c2ccncc2c2ccc(C3(CN)CCC3)cc21. The van der Waals surface area contributed by atoms with Crippen molar-refractivity contribution < 1.29 is 0 Å². The summed E-state index contributed by atoms with van der Waals surface area (Å²) in [7, 11) is 2.13. The van der Waals surface area contributed by atoms with E-state index in [4.69, 9.17) is 5.73 Å². The molecule has 3 aromatic rings. The highest BCUT2D eigenvalue weighted by Crippen LogP contribution is 2.44. The van der Waals surface area contributed by atoms with Crippen LogP contribution in [0.3, 0.4) is 0 Å². The Balaban J connectivity index is 2.00. The van der Waals surface area contributed by atoms with Crippen LogP contribution in [-0.4, -0.2) is 16.1 Å². The zero-order chi connectivity index (χ0) is 13.7. The number of benzene rings is 1. The lowest BCUT2D eigenvalue weighted by atomic mass is 9.64. The topological polar surface area (TPSA) is 43.8 Å². The van der Waals surface area contributed by atoms with E-state index < -0.39 is 0 Å². The number of aryl methyl sites for hydroxylation is 1. The van der Waals surface area contributed by atoms with Gasteiger partial charge in [-0.25, -0.2) is 0 Å². The summed E-state index contributed by atoms with van der Waals surface area (Å²) in [6.07, 6.45) is 7.56. The van der Waals surface area contributed by atoms with E-state index in [-0.39, 0.29) is 5.41 Å². The third-order valence-corrected chi connectivity index (χ3v) is 5.12. The molecule has 3 nitrogen and oxygen atoms in total. The maximum Gasteiger partial charge on any atom is 0.0519 e. The molecule has 0 spiro atoms. The first kappa shape index (κ1) is 11.9. The number of nitrogens with two attached hydrogens (primary N) is 1. The van der Waals surface area contributed by atoms with E-state index in [1.54, 1.807) is 0 Å². The van der Waals surface area contributed by atoms with Gasteiger partial charge in [0, 0.05) is 47.7 Å². The van der Waals surface area contributed by atoms with Gasteiger partial charge in [-0.3, -0.25) is 4.98 Å². The van der Waals surface area contributed by atoms with Crippen LogP contribution in [0.2, 0.25) is 0 Å². The normalized spacial score (nSPS) is 17.5. The molecule has 4 rings (SSSR count). The molecule has 0 aliphatic heterocycles. The molecule has 1 aliphatic rings. The standard InChI is InChI=1S/C17H19N3/c1-20-15-5-8-19-10-14(15)13-4-3-12(9-16(13)20)17(11-18)6-2-7-17/h3-5,8-10H,2,6-7,11,18H2,1H3. The van der Waals surface area contributed by atoms with Crippen molar-refractivity contribution in [2.75, 3.05) is 6.54 Å². The Labute approximate surface area is 118 Å². The van der Waals surface area contributed by atoms with Gasteiger partial charge in [0.15, 0.2) is 0 Å². The monoisotopic (exact) mass is 265 g/mol. The van der Waals surface area contributed by atoms with Gasteiger partial charge in [-0.1, -0.05) is 18.6 Å². The van der Waals surface area contributed by atoms with Crippen LogP contribution in [0.15, 0.2) is 36.7 Å². The average Bonchev–Trinajstić information content (AvgIpc) is 2.73. The summed E-state index contributed by atoms with van der Waals surface area (Å²) >= 11 is 0. The zero-order valence-corrected chi connectivity index (χ0v) is 11.8. The Bertz CT molecular complexity index is 791. The summed E-state index contributed by atoms with van der Waals surface area (Å²) in [6, 6.07) is 8.92. The quantitative estimate of drug-likeness (QED) is 0.773. The minimum absolute atomic E-state index is 0.225. The number of hydrogen-bond donors (Lipinski definition) is 1. The molecule has 2 aromatic heterocycles. The number of nitrogens with zero attached hydrogens (tertiary/aromatic N) is 2.